The Hall–Kier alpha value is -2.50. The molecular formula is C16H21NO5. The van der Waals surface area contributed by atoms with E-state index in [0.717, 1.165) is 0 Å². The Bertz CT molecular complexity index is 566. The summed E-state index contributed by atoms with van der Waals surface area (Å²) in [5.74, 6) is -0.530. The first kappa shape index (κ1) is 17.6. The molecule has 1 atom stereocenters. The fourth-order valence-electron chi connectivity index (χ4n) is 1.85. The second-order valence-electron chi connectivity index (χ2n) is 5.01. The molecule has 0 radical (unpaired) electrons. The zero-order valence-corrected chi connectivity index (χ0v) is 13.1. The first-order valence-corrected chi connectivity index (χ1v) is 6.82. The first-order valence-electron chi connectivity index (χ1n) is 6.82. The van der Waals surface area contributed by atoms with Crippen LogP contribution in [0, 0.1) is 5.92 Å². The van der Waals surface area contributed by atoms with Crippen LogP contribution in [-0.4, -0.2) is 37.2 Å². The van der Waals surface area contributed by atoms with E-state index < -0.39 is 17.9 Å². The van der Waals surface area contributed by atoms with Gasteiger partial charge in [-0.15, -0.1) is 0 Å². The van der Waals surface area contributed by atoms with Crippen LogP contribution in [0.4, 0.5) is 0 Å². The highest BCUT2D eigenvalue weighted by atomic mass is 16.5. The second kappa shape index (κ2) is 8.07. The van der Waals surface area contributed by atoms with Gasteiger partial charge in [0.05, 0.1) is 14.2 Å². The van der Waals surface area contributed by atoms with Crippen molar-refractivity contribution in [1.29, 1.82) is 0 Å². The van der Waals surface area contributed by atoms with E-state index in [0.29, 0.717) is 17.1 Å². The summed E-state index contributed by atoms with van der Waals surface area (Å²) in [6.07, 6.45) is 2.82. The lowest BCUT2D eigenvalue weighted by molar-refractivity contribution is -0.142. The summed E-state index contributed by atoms with van der Waals surface area (Å²) in [7, 11) is 3.07. The van der Waals surface area contributed by atoms with E-state index in [1.807, 2.05) is 0 Å². The van der Waals surface area contributed by atoms with Crippen molar-refractivity contribution in [2.45, 2.75) is 19.9 Å². The molecular weight excluding hydrogens is 286 g/mol. The van der Waals surface area contributed by atoms with Gasteiger partial charge in [0.2, 0.25) is 5.91 Å². The van der Waals surface area contributed by atoms with Gasteiger partial charge in [0, 0.05) is 11.6 Å². The first-order chi connectivity index (χ1) is 10.4. The number of carbonyl (C=O) groups excluding carboxylic acids is 1. The summed E-state index contributed by atoms with van der Waals surface area (Å²) < 4.78 is 10.3. The number of benzene rings is 1. The Morgan fingerprint density at radius 2 is 1.91 bits per heavy atom. The van der Waals surface area contributed by atoms with Crippen molar-refractivity contribution in [1.82, 2.24) is 5.32 Å². The van der Waals surface area contributed by atoms with Gasteiger partial charge >= 0.3 is 5.97 Å². The summed E-state index contributed by atoms with van der Waals surface area (Å²) >= 11 is 0. The maximum atomic E-state index is 11.9. The molecule has 0 fully saturated rings. The summed E-state index contributed by atoms with van der Waals surface area (Å²) in [5, 5.41) is 11.5. The van der Waals surface area contributed by atoms with Gasteiger partial charge in [0.15, 0.2) is 0 Å². The molecule has 0 aliphatic carbocycles. The summed E-state index contributed by atoms with van der Waals surface area (Å²) in [4.78, 5) is 22.9. The molecule has 120 valence electrons. The van der Waals surface area contributed by atoms with Gasteiger partial charge in [0.25, 0.3) is 0 Å². The number of aliphatic carboxylic acids is 1. The van der Waals surface area contributed by atoms with E-state index in [-0.39, 0.29) is 5.92 Å². The van der Waals surface area contributed by atoms with E-state index in [2.05, 4.69) is 5.32 Å². The minimum atomic E-state index is -1.06. The Labute approximate surface area is 129 Å². The molecule has 6 heteroatoms. The molecule has 0 saturated carbocycles. The van der Waals surface area contributed by atoms with Crippen LogP contribution < -0.4 is 14.8 Å². The predicted molar refractivity (Wildman–Crippen MR) is 83.0 cm³/mol. The average Bonchev–Trinajstić information content (AvgIpc) is 2.49. The van der Waals surface area contributed by atoms with Crippen LogP contribution >= 0.6 is 0 Å². The highest BCUT2D eigenvalue weighted by molar-refractivity contribution is 5.94. The average molecular weight is 307 g/mol. The molecule has 1 aromatic rings. The van der Waals surface area contributed by atoms with Crippen LogP contribution in [-0.2, 0) is 9.59 Å². The zero-order chi connectivity index (χ0) is 16.7. The Morgan fingerprint density at radius 3 is 2.41 bits per heavy atom. The molecule has 0 spiro atoms. The van der Waals surface area contributed by atoms with Crippen LogP contribution in [0.2, 0.25) is 0 Å². The lowest BCUT2D eigenvalue weighted by Crippen LogP contribution is -2.43. The molecule has 6 nitrogen and oxygen atoms in total. The fraction of sp³-hybridized carbons (Fsp3) is 0.375. The molecule has 0 aliphatic rings. The van der Waals surface area contributed by atoms with Gasteiger partial charge in [0.1, 0.15) is 17.5 Å². The maximum absolute atomic E-state index is 11.9. The van der Waals surface area contributed by atoms with Crippen LogP contribution in [0.15, 0.2) is 24.3 Å². The molecule has 0 bridgehead atoms. The number of methoxy groups -OCH3 is 2. The highest BCUT2D eigenvalue weighted by Crippen LogP contribution is 2.24. The van der Waals surface area contributed by atoms with Crippen molar-refractivity contribution in [3.63, 3.8) is 0 Å². The lowest BCUT2D eigenvalue weighted by atomic mass is 10.0. The molecule has 22 heavy (non-hydrogen) atoms. The topological polar surface area (TPSA) is 84.9 Å². The third-order valence-electron chi connectivity index (χ3n) is 3.08. The SMILES string of the molecule is COc1ccc(OC)c(/C=C/C(=O)N[C@@H](C(=O)O)C(C)C)c1. The van der Waals surface area contributed by atoms with Crippen LogP contribution in [0.3, 0.4) is 0 Å². The largest absolute Gasteiger partial charge is 0.497 e. The minimum absolute atomic E-state index is 0.207. The van der Waals surface area contributed by atoms with Gasteiger partial charge in [-0.3, -0.25) is 4.79 Å². The van der Waals surface area contributed by atoms with Crippen molar-refractivity contribution in [2.75, 3.05) is 14.2 Å². The minimum Gasteiger partial charge on any atom is -0.497 e. The van der Waals surface area contributed by atoms with E-state index in [4.69, 9.17) is 14.6 Å². The molecule has 1 rings (SSSR count). The molecule has 0 aliphatic heterocycles. The van der Waals surface area contributed by atoms with E-state index in [1.54, 1.807) is 45.2 Å². The van der Waals surface area contributed by atoms with Crippen molar-refractivity contribution in [2.24, 2.45) is 5.92 Å². The second-order valence-corrected chi connectivity index (χ2v) is 5.01. The number of ether oxygens (including phenoxy) is 2. The third-order valence-corrected chi connectivity index (χ3v) is 3.08. The molecule has 0 heterocycles. The fourth-order valence-corrected chi connectivity index (χ4v) is 1.85. The van der Waals surface area contributed by atoms with Crippen molar-refractivity contribution in [3.8, 4) is 11.5 Å². The van der Waals surface area contributed by atoms with Crippen molar-refractivity contribution in [3.05, 3.63) is 29.8 Å². The number of hydrogen-bond acceptors (Lipinski definition) is 4. The van der Waals surface area contributed by atoms with Crippen LogP contribution in [0.5, 0.6) is 11.5 Å². The summed E-state index contributed by atoms with van der Waals surface area (Å²) in [6, 6.07) is 4.27. The summed E-state index contributed by atoms with van der Waals surface area (Å²) in [6.45, 7) is 3.46. The van der Waals surface area contributed by atoms with Crippen LogP contribution in [0.1, 0.15) is 19.4 Å². The number of hydrogen-bond donors (Lipinski definition) is 2. The molecule has 0 unspecified atom stereocenters. The molecule has 2 N–H and O–H groups in total. The quantitative estimate of drug-likeness (QED) is 0.752. The monoisotopic (exact) mass is 307 g/mol. The predicted octanol–water partition coefficient (Wildman–Crippen LogP) is 1.94. The number of amides is 1. The smallest absolute Gasteiger partial charge is 0.326 e. The van der Waals surface area contributed by atoms with E-state index in [9.17, 15) is 9.59 Å². The number of rotatable bonds is 7. The summed E-state index contributed by atoms with van der Waals surface area (Å²) in [5.41, 5.74) is 0.661. The number of carbonyl (C=O) groups is 2. The molecule has 1 amide bonds. The Kier molecular flexibility index (Phi) is 6.44. The molecule has 0 aromatic heterocycles. The number of carboxylic acids is 1. The van der Waals surface area contributed by atoms with Gasteiger partial charge in [-0.05, 0) is 30.2 Å². The third kappa shape index (κ3) is 4.80. The van der Waals surface area contributed by atoms with E-state index in [1.165, 1.54) is 13.2 Å². The lowest BCUT2D eigenvalue weighted by Gasteiger charge is -2.16. The van der Waals surface area contributed by atoms with Gasteiger partial charge in [-0.2, -0.15) is 0 Å². The number of carboxylic acid groups (broad SMARTS) is 1. The van der Waals surface area contributed by atoms with Crippen molar-refractivity contribution < 1.29 is 24.2 Å². The van der Waals surface area contributed by atoms with Gasteiger partial charge in [-0.25, -0.2) is 4.79 Å². The molecule has 0 saturated heterocycles. The maximum Gasteiger partial charge on any atom is 0.326 e. The van der Waals surface area contributed by atoms with E-state index >= 15 is 0 Å². The highest BCUT2D eigenvalue weighted by Gasteiger charge is 2.22. The van der Waals surface area contributed by atoms with Gasteiger partial charge < -0.3 is 19.9 Å². The zero-order valence-electron chi connectivity index (χ0n) is 13.1. The van der Waals surface area contributed by atoms with Gasteiger partial charge in [-0.1, -0.05) is 13.8 Å². The van der Waals surface area contributed by atoms with Crippen LogP contribution in [0.25, 0.3) is 6.08 Å². The standard InChI is InChI=1S/C16H21NO5/c1-10(2)15(16(19)20)17-14(18)8-5-11-9-12(21-3)6-7-13(11)22-4/h5-10,15H,1-4H3,(H,17,18)(H,19,20)/b8-5+/t15-/m1/s1. The Morgan fingerprint density at radius 1 is 1.23 bits per heavy atom. The Balaban J connectivity index is 2.87. The number of nitrogens with one attached hydrogen (secondary N) is 1. The van der Waals surface area contributed by atoms with Crippen molar-refractivity contribution >= 4 is 18.0 Å². The normalized spacial score (nSPS) is 12.2. The molecule has 1 aromatic carbocycles.